The van der Waals surface area contributed by atoms with Crippen LogP contribution in [0.5, 0.6) is 0 Å². The molecule has 20 heavy (non-hydrogen) atoms. The topological polar surface area (TPSA) is 67.1 Å². The largest absolute Gasteiger partial charge is 0.433 e. The van der Waals surface area contributed by atoms with Gasteiger partial charge in [-0.15, -0.1) is 0 Å². The number of nitrogens with two attached hydrogens (primary N) is 1. The van der Waals surface area contributed by atoms with E-state index in [2.05, 4.69) is 20.2 Å². The molecule has 0 atom stereocenters. The van der Waals surface area contributed by atoms with E-state index < -0.39 is 11.9 Å². The highest BCUT2D eigenvalue weighted by Gasteiger charge is 2.33. The molecule has 0 aromatic carbocycles. The number of hydrogen-bond acceptors (Lipinski definition) is 5. The SMILES string of the molecule is Nc1nc(NCCCN2CCCC2)cc(C(F)(F)F)n1. The standard InChI is InChI=1S/C12H18F3N5/c13-12(14,15)9-8-10(19-11(16)18-9)17-4-3-7-20-5-1-2-6-20/h8H,1-7H2,(H3,16,17,18,19). The van der Waals surface area contributed by atoms with Crippen molar-refractivity contribution in [1.29, 1.82) is 0 Å². The van der Waals surface area contributed by atoms with Crippen molar-refractivity contribution < 1.29 is 13.2 Å². The molecule has 3 N–H and O–H groups in total. The summed E-state index contributed by atoms with van der Waals surface area (Å²) < 4.78 is 37.7. The summed E-state index contributed by atoms with van der Waals surface area (Å²) >= 11 is 0. The fraction of sp³-hybridized carbons (Fsp3) is 0.667. The van der Waals surface area contributed by atoms with Crippen molar-refractivity contribution in [3.05, 3.63) is 11.8 Å². The van der Waals surface area contributed by atoms with Gasteiger partial charge in [-0.25, -0.2) is 4.98 Å². The molecule has 2 heterocycles. The predicted molar refractivity (Wildman–Crippen MR) is 70.2 cm³/mol. The van der Waals surface area contributed by atoms with Gasteiger partial charge >= 0.3 is 6.18 Å². The van der Waals surface area contributed by atoms with E-state index in [-0.39, 0.29) is 11.8 Å². The number of alkyl halides is 3. The number of nitrogen functional groups attached to an aromatic ring is 1. The van der Waals surface area contributed by atoms with Crippen LogP contribution in [0.1, 0.15) is 25.0 Å². The molecule has 1 aromatic heterocycles. The second-order valence-corrected chi connectivity index (χ2v) is 4.82. The first kappa shape index (κ1) is 14.8. The zero-order valence-corrected chi connectivity index (χ0v) is 11.1. The summed E-state index contributed by atoms with van der Waals surface area (Å²) in [5, 5.41) is 2.86. The van der Waals surface area contributed by atoms with E-state index in [1.54, 1.807) is 0 Å². The number of anilines is 2. The molecule has 2 rings (SSSR count). The Kier molecular flexibility index (Phi) is 4.64. The van der Waals surface area contributed by atoms with Gasteiger partial charge in [0.1, 0.15) is 5.82 Å². The van der Waals surface area contributed by atoms with E-state index in [0.717, 1.165) is 32.1 Å². The fourth-order valence-electron chi connectivity index (χ4n) is 2.23. The second-order valence-electron chi connectivity index (χ2n) is 4.82. The molecule has 0 amide bonds. The molecule has 0 saturated carbocycles. The molecule has 0 unspecified atom stereocenters. The number of nitrogens with one attached hydrogen (secondary N) is 1. The van der Waals surface area contributed by atoms with Crippen LogP contribution in [0, 0.1) is 0 Å². The van der Waals surface area contributed by atoms with Crippen molar-refractivity contribution in [3.63, 3.8) is 0 Å². The Bertz CT molecular complexity index is 443. The van der Waals surface area contributed by atoms with Gasteiger partial charge in [0.05, 0.1) is 0 Å². The number of rotatable bonds is 5. The third kappa shape index (κ3) is 4.22. The molecule has 0 spiro atoms. The van der Waals surface area contributed by atoms with E-state index in [0.29, 0.717) is 6.54 Å². The van der Waals surface area contributed by atoms with E-state index >= 15 is 0 Å². The van der Waals surface area contributed by atoms with Gasteiger partial charge in [-0.3, -0.25) is 0 Å². The lowest BCUT2D eigenvalue weighted by atomic mass is 10.3. The molecule has 1 saturated heterocycles. The van der Waals surface area contributed by atoms with Gasteiger partial charge in [0, 0.05) is 12.6 Å². The van der Waals surface area contributed by atoms with E-state index in [4.69, 9.17) is 5.73 Å². The molecule has 8 heteroatoms. The molecule has 1 aliphatic heterocycles. The van der Waals surface area contributed by atoms with Gasteiger partial charge in [-0.2, -0.15) is 18.2 Å². The Labute approximate surface area is 115 Å². The summed E-state index contributed by atoms with van der Waals surface area (Å²) in [6, 6.07) is 0.881. The van der Waals surface area contributed by atoms with Crippen LogP contribution in [0.15, 0.2) is 6.07 Å². The van der Waals surface area contributed by atoms with Crippen LogP contribution in [0.4, 0.5) is 24.9 Å². The molecule has 0 radical (unpaired) electrons. The third-order valence-electron chi connectivity index (χ3n) is 3.19. The first-order chi connectivity index (χ1) is 9.45. The van der Waals surface area contributed by atoms with Gasteiger partial charge in [-0.05, 0) is 38.9 Å². The summed E-state index contributed by atoms with van der Waals surface area (Å²) in [7, 11) is 0. The molecular weight excluding hydrogens is 271 g/mol. The minimum Gasteiger partial charge on any atom is -0.370 e. The monoisotopic (exact) mass is 289 g/mol. The second kappa shape index (κ2) is 6.25. The molecule has 112 valence electrons. The van der Waals surface area contributed by atoms with Gasteiger partial charge in [0.15, 0.2) is 5.69 Å². The van der Waals surface area contributed by atoms with Crippen LogP contribution in [0.2, 0.25) is 0 Å². The van der Waals surface area contributed by atoms with Crippen LogP contribution >= 0.6 is 0 Å². The van der Waals surface area contributed by atoms with Crippen LogP contribution in [-0.2, 0) is 6.18 Å². The summed E-state index contributed by atoms with van der Waals surface area (Å²) in [5.74, 6) is -0.256. The summed E-state index contributed by atoms with van der Waals surface area (Å²) in [4.78, 5) is 9.29. The smallest absolute Gasteiger partial charge is 0.370 e. The van der Waals surface area contributed by atoms with Gasteiger partial charge in [0.2, 0.25) is 5.95 Å². The quantitative estimate of drug-likeness (QED) is 0.811. The van der Waals surface area contributed by atoms with Gasteiger partial charge in [0.25, 0.3) is 0 Å². The maximum atomic E-state index is 12.6. The Morgan fingerprint density at radius 3 is 2.60 bits per heavy atom. The molecule has 0 aliphatic carbocycles. The van der Waals surface area contributed by atoms with E-state index in [1.807, 2.05) is 0 Å². The summed E-state index contributed by atoms with van der Waals surface area (Å²) in [6.45, 7) is 3.72. The predicted octanol–water partition coefficient (Wildman–Crippen LogP) is 1.98. The number of aromatic nitrogens is 2. The van der Waals surface area contributed by atoms with Crippen molar-refractivity contribution in [1.82, 2.24) is 14.9 Å². The lowest BCUT2D eigenvalue weighted by Gasteiger charge is -2.15. The first-order valence-corrected chi connectivity index (χ1v) is 6.63. The van der Waals surface area contributed by atoms with Crippen molar-refractivity contribution >= 4 is 11.8 Å². The molecule has 5 nitrogen and oxygen atoms in total. The third-order valence-corrected chi connectivity index (χ3v) is 3.19. The minimum atomic E-state index is -4.51. The Morgan fingerprint density at radius 2 is 1.95 bits per heavy atom. The maximum Gasteiger partial charge on any atom is 0.433 e. The van der Waals surface area contributed by atoms with E-state index in [1.165, 1.54) is 12.8 Å². The van der Waals surface area contributed by atoms with Crippen molar-refractivity contribution in [2.24, 2.45) is 0 Å². The zero-order chi connectivity index (χ0) is 14.6. The zero-order valence-electron chi connectivity index (χ0n) is 11.1. The molecule has 1 aromatic rings. The van der Waals surface area contributed by atoms with Crippen LogP contribution < -0.4 is 11.1 Å². The average molecular weight is 289 g/mol. The number of halogens is 3. The number of hydrogen-bond donors (Lipinski definition) is 2. The van der Waals surface area contributed by atoms with Gasteiger partial charge in [-0.1, -0.05) is 0 Å². The minimum absolute atomic E-state index is 0.117. The highest BCUT2D eigenvalue weighted by molar-refractivity contribution is 5.41. The first-order valence-electron chi connectivity index (χ1n) is 6.63. The van der Waals surface area contributed by atoms with Crippen LogP contribution in [0.25, 0.3) is 0 Å². The molecule has 0 bridgehead atoms. The summed E-state index contributed by atoms with van der Waals surface area (Å²) in [6.07, 6.45) is -1.20. The van der Waals surface area contributed by atoms with Crippen molar-refractivity contribution in [3.8, 4) is 0 Å². The molecular formula is C12H18F3N5. The number of nitrogens with zero attached hydrogens (tertiary/aromatic N) is 3. The Hall–Kier alpha value is -1.57. The fourth-order valence-corrected chi connectivity index (χ4v) is 2.23. The van der Waals surface area contributed by atoms with Crippen LogP contribution in [0.3, 0.4) is 0 Å². The maximum absolute atomic E-state index is 12.6. The lowest BCUT2D eigenvalue weighted by Crippen LogP contribution is -2.22. The summed E-state index contributed by atoms with van der Waals surface area (Å²) in [5.41, 5.74) is 4.27. The number of likely N-dealkylation sites (tertiary alicyclic amines) is 1. The Balaban J connectivity index is 1.84. The van der Waals surface area contributed by atoms with Gasteiger partial charge < -0.3 is 16.0 Å². The highest BCUT2D eigenvalue weighted by atomic mass is 19.4. The lowest BCUT2D eigenvalue weighted by molar-refractivity contribution is -0.141. The Morgan fingerprint density at radius 1 is 1.25 bits per heavy atom. The van der Waals surface area contributed by atoms with Crippen LogP contribution in [-0.4, -0.2) is 41.0 Å². The molecule has 1 fully saturated rings. The normalized spacial score (nSPS) is 16.6. The van der Waals surface area contributed by atoms with E-state index in [9.17, 15) is 13.2 Å². The van der Waals surface area contributed by atoms with Crippen molar-refractivity contribution in [2.75, 3.05) is 37.2 Å². The van der Waals surface area contributed by atoms with Crippen molar-refractivity contribution in [2.45, 2.75) is 25.4 Å². The molecule has 1 aliphatic rings. The average Bonchev–Trinajstić information content (AvgIpc) is 2.86. The highest BCUT2D eigenvalue weighted by Crippen LogP contribution is 2.29.